The first kappa shape index (κ1) is 16.3. The van der Waals surface area contributed by atoms with Crippen molar-refractivity contribution in [2.45, 2.75) is 39.4 Å². The van der Waals surface area contributed by atoms with E-state index in [1.54, 1.807) is 0 Å². The average Bonchev–Trinajstić information content (AvgIpc) is 2.78. The lowest BCUT2D eigenvalue weighted by atomic mass is 10.3. The van der Waals surface area contributed by atoms with Gasteiger partial charge in [0.25, 0.3) is 0 Å². The van der Waals surface area contributed by atoms with Gasteiger partial charge in [-0.1, -0.05) is 0 Å². The molecule has 7 heteroatoms. The Hall–Kier alpha value is -1.60. The Kier molecular flexibility index (Phi) is 5.17. The van der Waals surface area contributed by atoms with Gasteiger partial charge in [-0.3, -0.25) is 4.90 Å². The number of aromatic nitrogens is 2. The first-order chi connectivity index (χ1) is 11.1. The normalized spacial score (nSPS) is 19.5. The highest BCUT2D eigenvalue weighted by Crippen LogP contribution is 2.14. The fraction of sp³-hybridized carbons (Fsp3) is 0.750. The predicted octanol–water partition coefficient (Wildman–Crippen LogP) is 0.691. The number of nitrogens with zero attached hydrogens (tertiary/aromatic N) is 4. The number of imidazole rings is 1. The van der Waals surface area contributed by atoms with Crippen LogP contribution in [-0.4, -0.2) is 70.8 Å². The molecular weight excluding hydrogens is 294 g/mol. The lowest BCUT2D eigenvalue weighted by Crippen LogP contribution is -2.44. The molecule has 0 unspecified atom stereocenters. The molecule has 0 aromatic carbocycles. The molecule has 1 N–H and O–H groups in total. The van der Waals surface area contributed by atoms with Crippen LogP contribution in [0.25, 0.3) is 0 Å². The van der Waals surface area contributed by atoms with E-state index in [2.05, 4.69) is 19.8 Å². The monoisotopic (exact) mass is 321 g/mol. The summed E-state index contributed by atoms with van der Waals surface area (Å²) < 4.78 is 7.70. The van der Waals surface area contributed by atoms with Crippen molar-refractivity contribution in [3.05, 3.63) is 17.7 Å². The van der Waals surface area contributed by atoms with E-state index in [-0.39, 0.29) is 12.1 Å². The van der Waals surface area contributed by atoms with Crippen molar-refractivity contribution >= 4 is 6.03 Å². The molecule has 0 radical (unpaired) electrons. The van der Waals surface area contributed by atoms with Crippen LogP contribution in [0.1, 0.15) is 25.4 Å². The molecule has 128 valence electrons. The van der Waals surface area contributed by atoms with Crippen LogP contribution in [0.15, 0.2) is 6.20 Å². The number of morpholine rings is 1. The third kappa shape index (κ3) is 4.03. The Balaban J connectivity index is 1.63. The van der Waals surface area contributed by atoms with Gasteiger partial charge in [-0.05, 0) is 13.8 Å². The van der Waals surface area contributed by atoms with Crippen molar-refractivity contribution in [3.63, 3.8) is 0 Å². The molecule has 3 rings (SSSR count). The molecule has 1 fully saturated rings. The lowest BCUT2D eigenvalue weighted by molar-refractivity contribution is 0.0331. The second-order valence-corrected chi connectivity index (χ2v) is 6.55. The lowest BCUT2D eigenvalue weighted by Gasteiger charge is -2.27. The zero-order valence-electron chi connectivity index (χ0n) is 14.1. The number of ether oxygens (including phenoxy) is 1. The van der Waals surface area contributed by atoms with Crippen molar-refractivity contribution in [1.29, 1.82) is 0 Å². The number of nitrogens with one attached hydrogen (secondary N) is 1. The van der Waals surface area contributed by atoms with Crippen molar-refractivity contribution in [2.24, 2.45) is 0 Å². The summed E-state index contributed by atoms with van der Waals surface area (Å²) in [6.45, 7) is 10.7. The zero-order chi connectivity index (χ0) is 16.2. The summed E-state index contributed by atoms with van der Waals surface area (Å²) in [5, 5.41) is 2.97. The highest BCUT2D eigenvalue weighted by molar-refractivity contribution is 5.74. The molecule has 0 spiro atoms. The maximum Gasteiger partial charge on any atom is 0.317 e. The third-order valence-corrected chi connectivity index (χ3v) is 4.41. The summed E-state index contributed by atoms with van der Waals surface area (Å²) in [5.74, 6) is 1.09. The molecule has 1 aromatic rings. The average molecular weight is 321 g/mol. The molecule has 2 amide bonds. The number of rotatable bonds is 3. The zero-order valence-corrected chi connectivity index (χ0v) is 14.1. The van der Waals surface area contributed by atoms with Gasteiger partial charge in [0.05, 0.1) is 18.9 Å². The summed E-state index contributed by atoms with van der Waals surface area (Å²) in [6, 6.07) is 0.195. The molecule has 23 heavy (non-hydrogen) atoms. The Morgan fingerprint density at radius 2 is 2.04 bits per heavy atom. The van der Waals surface area contributed by atoms with Crippen LogP contribution < -0.4 is 5.32 Å². The number of urea groups is 1. The number of carbonyl (C=O) groups is 1. The van der Waals surface area contributed by atoms with E-state index < -0.39 is 0 Å². The summed E-state index contributed by atoms with van der Waals surface area (Å²) in [7, 11) is 0. The number of carbonyl (C=O) groups excluding carboxylic acids is 1. The second-order valence-electron chi connectivity index (χ2n) is 6.55. The maximum absolute atomic E-state index is 12.2. The summed E-state index contributed by atoms with van der Waals surface area (Å²) >= 11 is 0. The van der Waals surface area contributed by atoms with Gasteiger partial charge in [0.1, 0.15) is 5.82 Å². The van der Waals surface area contributed by atoms with E-state index in [1.165, 1.54) is 5.69 Å². The fourth-order valence-corrected chi connectivity index (χ4v) is 3.15. The highest BCUT2D eigenvalue weighted by atomic mass is 16.5. The van der Waals surface area contributed by atoms with Crippen LogP contribution in [0.4, 0.5) is 4.79 Å². The predicted molar refractivity (Wildman–Crippen MR) is 87.3 cm³/mol. The van der Waals surface area contributed by atoms with Gasteiger partial charge < -0.3 is 19.5 Å². The number of hydrogen-bond acceptors (Lipinski definition) is 4. The van der Waals surface area contributed by atoms with Crippen LogP contribution in [0.2, 0.25) is 0 Å². The minimum atomic E-state index is 0.0282. The third-order valence-electron chi connectivity index (χ3n) is 4.41. The molecule has 1 saturated heterocycles. The quantitative estimate of drug-likeness (QED) is 0.890. The van der Waals surface area contributed by atoms with Crippen LogP contribution in [0.3, 0.4) is 0 Å². The smallest absolute Gasteiger partial charge is 0.317 e. The van der Waals surface area contributed by atoms with Gasteiger partial charge in [0.2, 0.25) is 0 Å². The van der Waals surface area contributed by atoms with E-state index in [9.17, 15) is 4.79 Å². The van der Waals surface area contributed by atoms with Crippen LogP contribution in [0.5, 0.6) is 0 Å². The maximum atomic E-state index is 12.2. The Labute approximate surface area is 137 Å². The first-order valence-corrected chi connectivity index (χ1v) is 8.52. The first-order valence-electron chi connectivity index (χ1n) is 8.52. The molecule has 0 atom stereocenters. The SMILES string of the molecule is CC(C)NC(=O)N1CCc2ncc(CN3CCOCC3)n2CC1. The molecule has 1 aromatic heterocycles. The van der Waals surface area contributed by atoms with E-state index in [0.29, 0.717) is 0 Å². The largest absolute Gasteiger partial charge is 0.379 e. The van der Waals surface area contributed by atoms with Gasteiger partial charge in [-0.15, -0.1) is 0 Å². The molecule has 2 aliphatic rings. The van der Waals surface area contributed by atoms with Crippen LogP contribution in [-0.2, 0) is 24.2 Å². The van der Waals surface area contributed by atoms with E-state index in [4.69, 9.17) is 4.74 Å². The van der Waals surface area contributed by atoms with Gasteiger partial charge >= 0.3 is 6.03 Å². The Morgan fingerprint density at radius 1 is 1.26 bits per heavy atom. The second kappa shape index (κ2) is 7.31. The summed E-state index contributed by atoms with van der Waals surface area (Å²) in [6.07, 6.45) is 2.81. The van der Waals surface area contributed by atoms with Gasteiger partial charge in [0, 0.05) is 57.9 Å². The highest BCUT2D eigenvalue weighted by Gasteiger charge is 2.22. The molecule has 7 nitrogen and oxygen atoms in total. The fourth-order valence-electron chi connectivity index (χ4n) is 3.15. The molecule has 0 bridgehead atoms. The van der Waals surface area contributed by atoms with Crippen molar-refractivity contribution < 1.29 is 9.53 Å². The minimum absolute atomic E-state index is 0.0282. The van der Waals surface area contributed by atoms with Gasteiger partial charge in [0.15, 0.2) is 0 Å². The Bertz CT molecular complexity index is 537. The van der Waals surface area contributed by atoms with Crippen molar-refractivity contribution in [3.8, 4) is 0 Å². The Morgan fingerprint density at radius 3 is 2.78 bits per heavy atom. The minimum Gasteiger partial charge on any atom is -0.379 e. The van der Waals surface area contributed by atoms with E-state index >= 15 is 0 Å². The number of hydrogen-bond donors (Lipinski definition) is 1. The standard InChI is InChI=1S/C16H27N5O2/c1-13(2)18-16(22)20-4-3-15-17-11-14(21(15)6-5-20)12-19-7-9-23-10-8-19/h11,13H,3-10,12H2,1-2H3,(H,18,22). The molecule has 2 aliphatic heterocycles. The summed E-state index contributed by atoms with van der Waals surface area (Å²) in [4.78, 5) is 21.1. The van der Waals surface area contributed by atoms with Crippen LogP contribution >= 0.6 is 0 Å². The van der Waals surface area contributed by atoms with Crippen molar-refractivity contribution in [1.82, 2.24) is 24.7 Å². The van der Waals surface area contributed by atoms with Crippen molar-refractivity contribution in [2.75, 3.05) is 39.4 Å². The van der Waals surface area contributed by atoms with E-state index in [0.717, 1.165) is 64.7 Å². The molecule has 3 heterocycles. The van der Waals surface area contributed by atoms with Gasteiger partial charge in [-0.25, -0.2) is 9.78 Å². The van der Waals surface area contributed by atoms with E-state index in [1.807, 2.05) is 24.9 Å². The van der Waals surface area contributed by atoms with Gasteiger partial charge in [-0.2, -0.15) is 0 Å². The summed E-state index contributed by atoms with van der Waals surface area (Å²) in [5.41, 5.74) is 1.24. The molecular formula is C16H27N5O2. The molecule has 0 saturated carbocycles. The molecule has 0 aliphatic carbocycles. The number of fused-ring (bicyclic) bond motifs is 1. The number of amides is 2. The topological polar surface area (TPSA) is 62.6 Å². The van der Waals surface area contributed by atoms with Crippen LogP contribution in [0, 0.1) is 0 Å².